The first-order valence-corrected chi connectivity index (χ1v) is 3.58. The van der Waals surface area contributed by atoms with Gasteiger partial charge in [0.25, 0.3) is 0 Å². The lowest BCUT2D eigenvalue weighted by Gasteiger charge is -2.24. The zero-order chi connectivity index (χ0) is 8.20. The third-order valence-corrected chi connectivity index (χ3v) is 1.65. The van der Waals surface area contributed by atoms with Crippen molar-refractivity contribution in [3.05, 3.63) is 12.7 Å². The van der Waals surface area contributed by atoms with Crippen molar-refractivity contribution < 1.29 is 10.2 Å². The van der Waals surface area contributed by atoms with E-state index in [-0.39, 0.29) is 0 Å². The summed E-state index contributed by atoms with van der Waals surface area (Å²) in [5.74, 6) is 0. The number of rotatable bonds is 4. The third kappa shape index (κ3) is 2.50. The van der Waals surface area contributed by atoms with Crippen LogP contribution in [0, 0.1) is 0 Å². The molecular weight excluding hydrogens is 128 g/mol. The Morgan fingerprint density at radius 1 is 1.70 bits per heavy atom. The van der Waals surface area contributed by atoms with Crippen molar-refractivity contribution in [1.29, 1.82) is 0 Å². The fraction of sp³-hybridized carbons (Fsp3) is 0.750. The van der Waals surface area contributed by atoms with E-state index in [4.69, 9.17) is 0 Å². The maximum absolute atomic E-state index is 9.35. The van der Waals surface area contributed by atoms with E-state index >= 15 is 0 Å². The Bertz CT molecular complexity index is 108. The second-order valence-corrected chi connectivity index (χ2v) is 2.73. The van der Waals surface area contributed by atoms with Gasteiger partial charge in [0, 0.05) is 0 Å². The molecule has 2 N–H and O–H groups in total. The summed E-state index contributed by atoms with van der Waals surface area (Å²) in [6.45, 7) is 6.94. The summed E-state index contributed by atoms with van der Waals surface area (Å²) in [5.41, 5.74) is -1.13. The van der Waals surface area contributed by atoms with Crippen LogP contribution in [-0.2, 0) is 0 Å². The van der Waals surface area contributed by atoms with Gasteiger partial charge in [0.05, 0.1) is 6.10 Å². The third-order valence-electron chi connectivity index (χ3n) is 1.65. The second kappa shape index (κ2) is 3.74. The van der Waals surface area contributed by atoms with Gasteiger partial charge in [-0.15, -0.1) is 6.58 Å². The van der Waals surface area contributed by atoms with Crippen LogP contribution in [0.15, 0.2) is 12.7 Å². The first kappa shape index (κ1) is 9.66. The van der Waals surface area contributed by atoms with E-state index in [1.54, 1.807) is 6.92 Å². The molecule has 0 fully saturated rings. The van der Waals surface area contributed by atoms with E-state index in [0.717, 1.165) is 6.42 Å². The van der Waals surface area contributed by atoms with Gasteiger partial charge in [-0.2, -0.15) is 0 Å². The average Bonchev–Trinajstić information content (AvgIpc) is 1.89. The molecule has 0 bridgehead atoms. The highest BCUT2D eigenvalue weighted by Gasteiger charge is 2.25. The minimum Gasteiger partial charge on any atom is -0.390 e. The molecule has 0 aromatic heterocycles. The number of hydrogen-bond acceptors (Lipinski definition) is 2. The highest BCUT2D eigenvalue weighted by atomic mass is 16.3. The monoisotopic (exact) mass is 144 g/mol. The summed E-state index contributed by atoms with van der Waals surface area (Å²) in [4.78, 5) is 0. The van der Waals surface area contributed by atoms with Crippen LogP contribution in [0.2, 0.25) is 0 Å². The molecule has 0 rings (SSSR count). The molecule has 0 aromatic carbocycles. The van der Waals surface area contributed by atoms with Crippen molar-refractivity contribution in [3.8, 4) is 0 Å². The SMILES string of the molecule is C=CC(C)(O)C(O)CCC. The predicted octanol–water partition coefficient (Wildman–Crippen LogP) is 1.08. The summed E-state index contributed by atoms with van der Waals surface area (Å²) in [5, 5.41) is 18.6. The molecule has 0 radical (unpaired) electrons. The molecule has 0 aliphatic rings. The van der Waals surface area contributed by atoms with Gasteiger partial charge in [-0.05, 0) is 13.3 Å². The van der Waals surface area contributed by atoms with Crippen molar-refractivity contribution in [2.24, 2.45) is 0 Å². The molecular formula is C8H16O2. The second-order valence-electron chi connectivity index (χ2n) is 2.73. The zero-order valence-electron chi connectivity index (χ0n) is 6.67. The molecule has 0 saturated carbocycles. The van der Waals surface area contributed by atoms with Crippen LogP contribution in [-0.4, -0.2) is 21.9 Å². The van der Waals surface area contributed by atoms with E-state index in [0.29, 0.717) is 6.42 Å². The Morgan fingerprint density at radius 3 is 2.50 bits per heavy atom. The molecule has 2 heteroatoms. The van der Waals surface area contributed by atoms with E-state index in [1.807, 2.05) is 6.92 Å². The van der Waals surface area contributed by atoms with Crippen molar-refractivity contribution in [2.75, 3.05) is 0 Å². The topological polar surface area (TPSA) is 40.5 Å². The van der Waals surface area contributed by atoms with Crippen molar-refractivity contribution in [3.63, 3.8) is 0 Å². The Kier molecular flexibility index (Phi) is 3.61. The lowest BCUT2D eigenvalue weighted by Crippen LogP contribution is -2.36. The molecule has 10 heavy (non-hydrogen) atoms. The summed E-state index contributed by atoms with van der Waals surface area (Å²) >= 11 is 0. The Labute approximate surface area is 62.2 Å². The molecule has 2 atom stereocenters. The van der Waals surface area contributed by atoms with Crippen LogP contribution in [0.4, 0.5) is 0 Å². The van der Waals surface area contributed by atoms with Gasteiger partial charge in [-0.1, -0.05) is 19.4 Å². The predicted molar refractivity (Wildman–Crippen MR) is 41.7 cm³/mol. The van der Waals surface area contributed by atoms with Gasteiger partial charge in [0.15, 0.2) is 0 Å². The standard InChI is InChI=1S/C8H16O2/c1-4-6-7(9)8(3,10)5-2/h5,7,9-10H,2,4,6H2,1,3H3. The van der Waals surface area contributed by atoms with Gasteiger partial charge in [0.2, 0.25) is 0 Å². The number of aliphatic hydroxyl groups is 2. The van der Waals surface area contributed by atoms with E-state index in [9.17, 15) is 10.2 Å². The first-order valence-electron chi connectivity index (χ1n) is 3.58. The molecule has 0 aliphatic carbocycles. The van der Waals surface area contributed by atoms with Crippen LogP contribution >= 0.6 is 0 Å². The van der Waals surface area contributed by atoms with Gasteiger partial charge in [-0.3, -0.25) is 0 Å². The lowest BCUT2D eigenvalue weighted by atomic mass is 9.96. The minimum absolute atomic E-state index is 0.610. The van der Waals surface area contributed by atoms with E-state index in [1.165, 1.54) is 6.08 Å². The van der Waals surface area contributed by atoms with Crippen LogP contribution in [0.3, 0.4) is 0 Å². The number of hydrogen-bond donors (Lipinski definition) is 2. The summed E-state index contributed by atoms with van der Waals surface area (Å²) in [7, 11) is 0. The molecule has 2 unspecified atom stereocenters. The minimum atomic E-state index is -1.13. The van der Waals surface area contributed by atoms with Gasteiger partial charge in [0.1, 0.15) is 5.60 Å². The quantitative estimate of drug-likeness (QED) is 0.580. The van der Waals surface area contributed by atoms with Crippen LogP contribution in [0.25, 0.3) is 0 Å². The fourth-order valence-electron chi connectivity index (χ4n) is 0.702. The van der Waals surface area contributed by atoms with E-state index in [2.05, 4.69) is 6.58 Å². The van der Waals surface area contributed by atoms with Gasteiger partial charge >= 0.3 is 0 Å². The van der Waals surface area contributed by atoms with Crippen molar-refractivity contribution in [1.82, 2.24) is 0 Å². The lowest BCUT2D eigenvalue weighted by molar-refractivity contribution is -0.0299. The molecule has 0 aromatic rings. The molecule has 0 spiro atoms. The van der Waals surface area contributed by atoms with Gasteiger partial charge < -0.3 is 10.2 Å². The number of aliphatic hydroxyl groups excluding tert-OH is 1. The van der Waals surface area contributed by atoms with Crippen molar-refractivity contribution in [2.45, 2.75) is 38.4 Å². The zero-order valence-corrected chi connectivity index (χ0v) is 6.67. The van der Waals surface area contributed by atoms with Crippen LogP contribution < -0.4 is 0 Å². The van der Waals surface area contributed by atoms with E-state index < -0.39 is 11.7 Å². The van der Waals surface area contributed by atoms with Crippen molar-refractivity contribution >= 4 is 0 Å². The molecule has 0 heterocycles. The normalized spacial score (nSPS) is 19.6. The Hall–Kier alpha value is -0.340. The molecule has 0 amide bonds. The highest BCUT2D eigenvalue weighted by molar-refractivity contribution is 4.96. The Morgan fingerprint density at radius 2 is 2.20 bits per heavy atom. The fourth-order valence-corrected chi connectivity index (χ4v) is 0.702. The molecule has 2 nitrogen and oxygen atoms in total. The summed E-state index contributed by atoms with van der Waals surface area (Å²) < 4.78 is 0. The molecule has 60 valence electrons. The van der Waals surface area contributed by atoms with Gasteiger partial charge in [-0.25, -0.2) is 0 Å². The average molecular weight is 144 g/mol. The summed E-state index contributed by atoms with van der Waals surface area (Å²) in [6, 6.07) is 0. The highest BCUT2D eigenvalue weighted by Crippen LogP contribution is 2.14. The maximum atomic E-state index is 9.35. The maximum Gasteiger partial charge on any atom is 0.105 e. The first-order chi connectivity index (χ1) is 4.54. The Balaban J connectivity index is 3.90. The molecule has 0 saturated heterocycles. The van der Waals surface area contributed by atoms with Crippen LogP contribution in [0.5, 0.6) is 0 Å². The smallest absolute Gasteiger partial charge is 0.105 e. The largest absolute Gasteiger partial charge is 0.390 e. The summed E-state index contributed by atoms with van der Waals surface area (Å²) in [6.07, 6.45) is 2.16. The van der Waals surface area contributed by atoms with Crippen LogP contribution in [0.1, 0.15) is 26.7 Å². The molecule has 0 aliphatic heterocycles.